The fourth-order valence-corrected chi connectivity index (χ4v) is 5.97. The van der Waals surface area contributed by atoms with Crippen molar-refractivity contribution >= 4 is 11.9 Å². The first-order valence-electron chi connectivity index (χ1n) is 19.0. The Balaban J connectivity index is 3.44. The summed E-state index contributed by atoms with van der Waals surface area (Å²) in [5.41, 5.74) is 0. The Labute approximate surface area is 262 Å². The first-order chi connectivity index (χ1) is 20.6. The molecular formula is C38H74O4. The fourth-order valence-electron chi connectivity index (χ4n) is 5.97. The SMILES string of the molecule is CCCCCCCCCCCCCCCCCCCCCCCC(=O)OC(CCCCCCCCCCCC)C(=O)O. The first-order valence-corrected chi connectivity index (χ1v) is 19.0. The molecule has 0 radical (unpaired) electrons. The van der Waals surface area contributed by atoms with E-state index in [2.05, 4.69) is 13.8 Å². The first kappa shape index (κ1) is 40.9. The predicted molar refractivity (Wildman–Crippen MR) is 181 cm³/mol. The molecule has 0 fully saturated rings. The van der Waals surface area contributed by atoms with Crippen LogP contribution in [0.4, 0.5) is 0 Å². The molecule has 0 amide bonds. The minimum Gasteiger partial charge on any atom is -0.479 e. The smallest absolute Gasteiger partial charge is 0.345 e. The van der Waals surface area contributed by atoms with Gasteiger partial charge in [-0.05, 0) is 19.3 Å². The molecular weight excluding hydrogens is 520 g/mol. The molecule has 250 valence electrons. The molecule has 0 heterocycles. The van der Waals surface area contributed by atoms with Gasteiger partial charge in [-0.25, -0.2) is 4.79 Å². The summed E-state index contributed by atoms with van der Waals surface area (Å²) in [6.07, 6.45) is 40.1. The molecule has 0 saturated carbocycles. The number of hydrogen-bond donors (Lipinski definition) is 1. The van der Waals surface area contributed by atoms with E-state index in [4.69, 9.17) is 4.74 Å². The fraction of sp³-hybridized carbons (Fsp3) is 0.947. The third-order valence-electron chi connectivity index (χ3n) is 8.85. The van der Waals surface area contributed by atoms with Gasteiger partial charge in [-0.1, -0.05) is 200 Å². The van der Waals surface area contributed by atoms with Crippen molar-refractivity contribution < 1.29 is 19.4 Å². The second-order valence-electron chi connectivity index (χ2n) is 13.1. The maximum absolute atomic E-state index is 12.2. The van der Waals surface area contributed by atoms with E-state index in [-0.39, 0.29) is 5.97 Å². The third kappa shape index (κ3) is 31.9. The topological polar surface area (TPSA) is 63.6 Å². The molecule has 0 aliphatic rings. The van der Waals surface area contributed by atoms with Crippen LogP contribution in [-0.4, -0.2) is 23.1 Å². The highest BCUT2D eigenvalue weighted by atomic mass is 16.6. The molecule has 0 aromatic carbocycles. The number of carboxylic acids is 1. The number of aliphatic carboxylic acids is 1. The minimum atomic E-state index is -1.00. The summed E-state index contributed by atoms with van der Waals surface area (Å²) < 4.78 is 5.30. The number of carboxylic acid groups (broad SMARTS) is 1. The van der Waals surface area contributed by atoms with Gasteiger partial charge in [-0.2, -0.15) is 0 Å². The van der Waals surface area contributed by atoms with E-state index in [0.29, 0.717) is 12.8 Å². The van der Waals surface area contributed by atoms with Gasteiger partial charge in [0.25, 0.3) is 0 Å². The Morgan fingerprint density at radius 2 is 0.690 bits per heavy atom. The van der Waals surface area contributed by atoms with Gasteiger partial charge in [0.15, 0.2) is 6.10 Å². The van der Waals surface area contributed by atoms with E-state index >= 15 is 0 Å². The lowest BCUT2D eigenvalue weighted by Crippen LogP contribution is -2.27. The molecule has 0 bridgehead atoms. The Hall–Kier alpha value is -1.06. The average Bonchev–Trinajstić information content (AvgIpc) is 2.98. The van der Waals surface area contributed by atoms with Gasteiger partial charge >= 0.3 is 11.9 Å². The van der Waals surface area contributed by atoms with Crippen molar-refractivity contribution in [1.82, 2.24) is 0 Å². The van der Waals surface area contributed by atoms with Crippen LogP contribution in [-0.2, 0) is 14.3 Å². The van der Waals surface area contributed by atoms with Gasteiger partial charge in [0.1, 0.15) is 0 Å². The predicted octanol–water partition coefficient (Wildman–Crippen LogP) is 12.9. The van der Waals surface area contributed by atoms with Gasteiger partial charge in [0.2, 0.25) is 0 Å². The van der Waals surface area contributed by atoms with E-state index in [1.54, 1.807) is 0 Å². The van der Waals surface area contributed by atoms with Crippen LogP contribution < -0.4 is 0 Å². The van der Waals surface area contributed by atoms with E-state index in [0.717, 1.165) is 38.5 Å². The second kappa shape index (κ2) is 34.4. The Morgan fingerprint density at radius 3 is 0.976 bits per heavy atom. The zero-order chi connectivity index (χ0) is 30.8. The standard InChI is InChI=1S/C38H74O4/c1-3-5-7-9-11-13-15-16-17-18-19-20-21-22-23-24-25-27-29-31-33-35-37(39)42-36(38(40)41)34-32-30-28-26-14-12-10-8-6-4-2/h36H,3-35H2,1-2H3,(H,40,41). The van der Waals surface area contributed by atoms with Crippen LogP contribution in [0.25, 0.3) is 0 Å². The van der Waals surface area contributed by atoms with E-state index in [1.165, 1.54) is 161 Å². The molecule has 1 N–H and O–H groups in total. The summed E-state index contributed by atoms with van der Waals surface area (Å²) in [6, 6.07) is 0. The van der Waals surface area contributed by atoms with Gasteiger partial charge in [-0.3, -0.25) is 4.79 Å². The zero-order valence-corrected chi connectivity index (χ0v) is 28.6. The molecule has 0 aliphatic carbocycles. The third-order valence-corrected chi connectivity index (χ3v) is 8.85. The number of hydrogen-bond acceptors (Lipinski definition) is 3. The molecule has 0 saturated heterocycles. The Bertz CT molecular complexity index is 561. The molecule has 42 heavy (non-hydrogen) atoms. The largest absolute Gasteiger partial charge is 0.479 e. The average molecular weight is 595 g/mol. The van der Waals surface area contributed by atoms with Gasteiger partial charge < -0.3 is 9.84 Å². The zero-order valence-electron chi connectivity index (χ0n) is 28.6. The molecule has 0 rings (SSSR count). The number of carbonyl (C=O) groups excluding carboxylic acids is 1. The monoisotopic (exact) mass is 595 g/mol. The highest BCUT2D eigenvalue weighted by Crippen LogP contribution is 2.17. The Kier molecular flexibility index (Phi) is 33.6. The van der Waals surface area contributed by atoms with E-state index < -0.39 is 12.1 Å². The van der Waals surface area contributed by atoms with Gasteiger partial charge in [-0.15, -0.1) is 0 Å². The van der Waals surface area contributed by atoms with Crippen molar-refractivity contribution in [3.63, 3.8) is 0 Å². The maximum Gasteiger partial charge on any atom is 0.345 e. The van der Waals surface area contributed by atoms with Crippen LogP contribution in [0.2, 0.25) is 0 Å². The number of unbranched alkanes of at least 4 members (excludes halogenated alkanes) is 29. The molecule has 1 atom stereocenters. The van der Waals surface area contributed by atoms with Crippen LogP contribution in [0.5, 0.6) is 0 Å². The van der Waals surface area contributed by atoms with Gasteiger partial charge in [0, 0.05) is 6.42 Å². The highest BCUT2D eigenvalue weighted by molar-refractivity contribution is 5.77. The maximum atomic E-state index is 12.2. The number of ether oxygens (including phenoxy) is 1. The summed E-state index contributed by atoms with van der Waals surface area (Å²) in [5.74, 6) is -1.34. The van der Waals surface area contributed by atoms with Crippen LogP contribution in [0, 0.1) is 0 Å². The lowest BCUT2D eigenvalue weighted by atomic mass is 10.0. The van der Waals surface area contributed by atoms with E-state index in [1.807, 2.05) is 0 Å². The normalized spacial score (nSPS) is 12.0. The molecule has 0 spiro atoms. The van der Waals surface area contributed by atoms with Crippen molar-refractivity contribution in [1.29, 1.82) is 0 Å². The van der Waals surface area contributed by atoms with Crippen LogP contribution in [0.15, 0.2) is 0 Å². The summed E-state index contributed by atoms with van der Waals surface area (Å²) >= 11 is 0. The summed E-state index contributed by atoms with van der Waals surface area (Å²) in [4.78, 5) is 23.7. The number of carbonyl (C=O) groups is 2. The second-order valence-corrected chi connectivity index (χ2v) is 13.1. The van der Waals surface area contributed by atoms with Crippen molar-refractivity contribution in [3.8, 4) is 0 Å². The van der Waals surface area contributed by atoms with E-state index in [9.17, 15) is 14.7 Å². The number of rotatable bonds is 35. The number of esters is 1. The molecule has 0 aromatic rings. The van der Waals surface area contributed by atoms with Gasteiger partial charge in [0.05, 0.1) is 0 Å². The summed E-state index contributed by atoms with van der Waals surface area (Å²) in [7, 11) is 0. The summed E-state index contributed by atoms with van der Waals surface area (Å²) in [5, 5.41) is 9.43. The van der Waals surface area contributed by atoms with Crippen LogP contribution in [0.1, 0.15) is 226 Å². The molecule has 1 unspecified atom stereocenters. The summed E-state index contributed by atoms with van der Waals surface area (Å²) in [6.45, 7) is 4.53. The molecule has 0 aromatic heterocycles. The van der Waals surface area contributed by atoms with Crippen molar-refractivity contribution in [2.45, 2.75) is 232 Å². The van der Waals surface area contributed by atoms with Crippen LogP contribution in [0.3, 0.4) is 0 Å². The van der Waals surface area contributed by atoms with Crippen molar-refractivity contribution in [3.05, 3.63) is 0 Å². The van der Waals surface area contributed by atoms with Crippen molar-refractivity contribution in [2.24, 2.45) is 0 Å². The molecule has 4 heteroatoms. The molecule has 4 nitrogen and oxygen atoms in total. The lowest BCUT2D eigenvalue weighted by molar-refractivity contribution is -0.164. The van der Waals surface area contributed by atoms with Crippen LogP contribution >= 0.6 is 0 Å². The lowest BCUT2D eigenvalue weighted by Gasteiger charge is -2.13. The highest BCUT2D eigenvalue weighted by Gasteiger charge is 2.21. The Morgan fingerprint density at radius 1 is 0.429 bits per heavy atom. The molecule has 0 aliphatic heterocycles. The quantitative estimate of drug-likeness (QED) is 0.0585. The minimum absolute atomic E-state index is 0.340. The van der Waals surface area contributed by atoms with Crippen molar-refractivity contribution in [2.75, 3.05) is 0 Å².